The highest BCUT2D eigenvalue weighted by molar-refractivity contribution is 14.1. The molecule has 0 saturated carbocycles. The Balaban J connectivity index is 2.29. The molecule has 2 aromatic carbocycles. The van der Waals surface area contributed by atoms with E-state index in [0.717, 1.165) is 3.57 Å². The van der Waals surface area contributed by atoms with E-state index in [4.69, 9.17) is 16.7 Å². The number of carboxylic acids is 1. The minimum atomic E-state index is -1.13. The maximum atomic E-state index is 12.1. The highest BCUT2D eigenvalue weighted by Gasteiger charge is 2.14. The number of nitrogens with one attached hydrogen (secondary N) is 1. The third-order valence-corrected chi connectivity index (χ3v) is 3.52. The molecule has 4 nitrogen and oxygen atoms in total. The molecule has 2 N–H and O–H groups in total. The fourth-order valence-electron chi connectivity index (χ4n) is 1.60. The number of hydrogen-bond donors (Lipinski definition) is 2. The van der Waals surface area contributed by atoms with E-state index in [1.807, 2.05) is 0 Å². The largest absolute Gasteiger partial charge is 0.478 e. The summed E-state index contributed by atoms with van der Waals surface area (Å²) < 4.78 is 1.01. The van der Waals surface area contributed by atoms with E-state index in [1.165, 1.54) is 18.2 Å². The Kier molecular flexibility index (Phi) is 4.61. The molecule has 0 fully saturated rings. The molecule has 102 valence electrons. The van der Waals surface area contributed by atoms with Crippen LogP contribution in [0.1, 0.15) is 20.7 Å². The van der Waals surface area contributed by atoms with E-state index in [0.29, 0.717) is 10.6 Å². The van der Waals surface area contributed by atoms with Gasteiger partial charge < -0.3 is 10.4 Å². The van der Waals surface area contributed by atoms with Gasteiger partial charge in [0.15, 0.2) is 0 Å². The van der Waals surface area contributed by atoms with Crippen LogP contribution in [0.4, 0.5) is 5.69 Å². The third-order valence-electron chi connectivity index (χ3n) is 2.57. The zero-order valence-corrected chi connectivity index (χ0v) is 13.0. The zero-order valence-electron chi connectivity index (χ0n) is 10.1. The summed E-state index contributed by atoms with van der Waals surface area (Å²) in [7, 11) is 0. The number of halogens is 2. The molecule has 1 amide bonds. The fourth-order valence-corrected chi connectivity index (χ4v) is 2.13. The average Bonchev–Trinajstić information content (AvgIpc) is 2.39. The van der Waals surface area contributed by atoms with Gasteiger partial charge in [0.2, 0.25) is 0 Å². The molecule has 0 aliphatic heterocycles. The van der Waals surface area contributed by atoms with E-state index >= 15 is 0 Å². The van der Waals surface area contributed by atoms with Gasteiger partial charge in [0, 0.05) is 14.2 Å². The van der Waals surface area contributed by atoms with E-state index < -0.39 is 5.97 Å². The van der Waals surface area contributed by atoms with Gasteiger partial charge in [-0.2, -0.15) is 0 Å². The van der Waals surface area contributed by atoms with Crippen LogP contribution in [0.5, 0.6) is 0 Å². The van der Waals surface area contributed by atoms with Crippen molar-refractivity contribution in [1.82, 2.24) is 0 Å². The first kappa shape index (κ1) is 14.8. The summed E-state index contributed by atoms with van der Waals surface area (Å²) in [5.41, 5.74) is 0.614. The Morgan fingerprint density at radius 1 is 1.10 bits per heavy atom. The maximum Gasteiger partial charge on any atom is 0.337 e. The quantitative estimate of drug-likeness (QED) is 0.767. The number of hydrogen-bond acceptors (Lipinski definition) is 2. The Morgan fingerprint density at radius 3 is 2.35 bits per heavy atom. The second-order valence-electron chi connectivity index (χ2n) is 3.96. The summed E-state index contributed by atoms with van der Waals surface area (Å²) in [6.45, 7) is 0. The highest BCUT2D eigenvalue weighted by Crippen LogP contribution is 2.22. The van der Waals surface area contributed by atoms with Crippen LogP contribution in [0.3, 0.4) is 0 Å². The molecule has 2 aromatic rings. The second-order valence-corrected chi connectivity index (χ2v) is 5.64. The summed E-state index contributed by atoms with van der Waals surface area (Å²) >= 11 is 7.96. The molecule has 20 heavy (non-hydrogen) atoms. The Labute approximate surface area is 133 Å². The van der Waals surface area contributed by atoms with Crippen LogP contribution in [-0.4, -0.2) is 17.0 Å². The molecule has 2 rings (SSSR count). The molecule has 0 unspecified atom stereocenters. The first-order valence-electron chi connectivity index (χ1n) is 5.57. The topological polar surface area (TPSA) is 66.4 Å². The predicted octanol–water partition coefficient (Wildman–Crippen LogP) is 3.90. The van der Waals surface area contributed by atoms with Crippen LogP contribution in [-0.2, 0) is 0 Å². The number of rotatable bonds is 3. The van der Waals surface area contributed by atoms with Crippen molar-refractivity contribution in [3.05, 3.63) is 62.2 Å². The second kappa shape index (κ2) is 6.23. The van der Waals surface area contributed by atoms with Crippen molar-refractivity contribution in [1.29, 1.82) is 0 Å². The van der Waals surface area contributed by atoms with E-state index in [1.54, 1.807) is 24.3 Å². The normalized spacial score (nSPS) is 10.1. The number of benzene rings is 2. The van der Waals surface area contributed by atoms with Gasteiger partial charge in [-0.05, 0) is 65.1 Å². The molecule has 0 heterocycles. The number of amides is 1. The van der Waals surface area contributed by atoms with Crippen LogP contribution < -0.4 is 5.32 Å². The maximum absolute atomic E-state index is 12.1. The standard InChI is InChI=1S/C14H9ClINO3/c15-9-3-6-11(14(19)20)12(7-9)17-13(18)8-1-4-10(16)5-2-8/h1-7H,(H,17,18)(H,19,20). The van der Waals surface area contributed by atoms with Crippen molar-refractivity contribution in [2.45, 2.75) is 0 Å². The molecule has 0 aromatic heterocycles. The van der Waals surface area contributed by atoms with Crippen molar-refractivity contribution in [3.63, 3.8) is 0 Å². The lowest BCUT2D eigenvalue weighted by Crippen LogP contribution is -2.14. The van der Waals surface area contributed by atoms with Crippen molar-refractivity contribution in [2.24, 2.45) is 0 Å². The number of anilines is 1. The summed E-state index contributed by atoms with van der Waals surface area (Å²) in [4.78, 5) is 23.2. The molecule has 0 aliphatic carbocycles. The predicted molar refractivity (Wildman–Crippen MR) is 85.5 cm³/mol. The molecule has 0 atom stereocenters. The van der Waals surface area contributed by atoms with Gasteiger partial charge in [-0.15, -0.1) is 0 Å². The van der Waals surface area contributed by atoms with Crippen molar-refractivity contribution in [2.75, 3.05) is 5.32 Å². The lowest BCUT2D eigenvalue weighted by atomic mass is 10.1. The van der Waals surface area contributed by atoms with Crippen molar-refractivity contribution < 1.29 is 14.7 Å². The van der Waals surface area contributed by atoms with E-state index in [2.05, 4.69) is 27.9 Å². The molecule has 6 heteroatoms. The average molecular weight is 402 g/mol. The van der Waals surface area contributed by atoms with Gasteiger partial charge in [0.05, 0.1) is 11.3 Å². The minimum Gasteiger partial charge on any atom is -0.478 e. The van der Waals surface area contributed by atoms with Gasteiger partial charge >= 0.3 is 5.97 Å². The lowest BCUT2D eigenvalue weighted by Gasteiger charge is -2.09. The Bertz CT molecular complexity index is 671. The van der Waals surface area contributed by atoms with E-state index in [-0.39, 0.29) is 17.2 Å². The molecule has 0 saturated heterocycles. The van der Waals surface area contributed by atoms with Crippen LogP contribution in [0.15, 0.2) is 42.5 Å². The van der Waals surface area contributed by atoms with Crippen LogP contribution in [0.2, 0.25) is 5.02 Å². The monoisotopic (exact) mass is 401 g/mol. The van der Waals surface area contributed by atoms with Crippen LogP contribution in [0.25, 0.3) is 0 Å². The molecule has 0 bridgehead atoms. The Hall–Kier alpha value is -1.60. The van der Waals surface area contributed by atoms with E-state index in [9.17, 15) is 9.59 Å². The number of carbonyl (C=O) groups is 2. The van der Waals surface area contributed by atoms with Crippen molar-refractivity contribution >= 4 is 51.8 Å². The van der Waals surface area contributed by atoms with Crippen molar-refractivity contribution in [3.8, 4) is 0 Å². The van der Waals surface area contributed by atoms with Gasteiger partial charge in [-0.3, -0.25) is 4.79 Å². The summed E-state index contributed by atoms with van der Waals surface area (Å²) in [6.07, 6.45) is 0. The molecule has 0 spiro atoms. The number of aromatic carboxylic acids is 1. The van der Waals surface area contributed by atoms with Gasteiger partial charge in [-0.25, -0.2) is 4.79 Å². The number of carbonyl (C=O) groups excluding carboxylic acids is 1. The molecular weight excluding hydrogens is 393 g/mol. The van der Waals surface area contributed by atoms with Gasteiger partial charge in [0.25, 0.3) is 5.91 Å². The zero-order chi connectivity index (χ0) is 14.7. The van der Waals surface area contributed by atoms with Gasteiger partial charge in [0.1, 0.15) is 0 Å². The first-order valence-corrected chi connectivity index (χ1v) is 7.03. The molecule has 0 radical (unpaired) electrons. The highest BCUT2D eigenvalue weighted by atomic mass is 127. The molecule has 0 aliphatic rings. The minimum absolute atomic E-state index is 0.00624. The fraction of sp³-hybridized carbons (Fsp3) is 0. The third kappa shape index (κ3) is 3.49. The number of carboxylic acid groups (broad SMARTS) is 1. The smallest absolute Gasteiger partial charge is 0.337 e. The van der Waals surface area contributed by atoms with Crippen LogP contribution in [0, 0.1) is 3.57 Å². The Morgan fingerprint density at radius 2 is 1.75 bits per heavy atom. The summed E-state index contributed by atoms with van der Waals surface area (Å²) in [5, 5.41) is 12.0. The first-order chi connectivity index (χ1) is 9.47. The summed E-state index contributed by atoms with van der Waals surface area (Å²) in [6, 6.07) is 11.2. The molecular formula is C14H9ClINO3. The van der Waals surface area contributed by atoms with Gasteiger partial charge in [-0.1, -0.05) is 11.6 Å². The lowest BCUT2D eigenvalue weighted by molar-refractivity contribution is 0.0698. The SMILES string of the molecule is O=C(Nc1cc(Cl)ccc1C(=O)O)c1ccc(I)cc1. The summed E-state index contributed by atoms with van der Waals surface area (Å²) in [5.74, 6) is -1.51. The van der Waals surface area contributed by atoms with Crippen LogP contribution >= 0.6 is 34.2 Å².